The van der Waals surface area contributed by atoms with Crippen LogP contribution < -0.4 is 14.8 Å². The summed E-state index contributed by atoms with van der Waals surface area (Å²) in [6, 6.07) is 11.4. The van der Waals surface area contributed by atoms with Crippen LogP contribution >= 0.6 is 11.8 Å². The lowest BCUT2D eigenvalue weighted by Crippen LogP contribution is -2.41. The fourth-order valence-corrected chi connectivity index (χ4v) is 4.55. The maximum atomic E-state index is 12.9. The van der Waals surface area contributed by atoms with E-state index in [2.05, 4.69) is 15.3 Å². The molecular formula is C27H26F3N3O6S. The first kappa shape index (κ1) is 30.4. The van der Waals surface area contributed by atoms with Crippen molar-refractivity contribution < 1.29 is 41.8 Å². The molecule has 0 saturated carbocycles. The molecule has 0 aliphatic rings. The standard InChI is InChI=1S/C27H26F3N3O6S/c1-15(33-25(35)22-23(39-17(3)34)20(37-4)12-13-31-22)26(36)38-16(2)24(18-8-6-5-7-9-18)40-21-11-10-19(14-32-21)27(28,29)30/h5-16,24H,1-4H3,(H,33,35)/t15-,16-,24-/m0/s1. The third kappa shape index (κ3) is 7.94. The number of rotatable bonds is 10. The Morgan fingerprint density at radius 2 is 1.70 bits per heavy atom. The number of alkyl halides is 3. The molecule has 9 nitrogen and oxygen atoms in total. The van der Waals surface area contributed by atoms with E-state index >= 15 is 0 Å². The SMILES string of the molecule is COc1ccnc(C(=O)N[C@@H](C)C(=O)O[C@@H](C)[C@H](Sc2ccc(C(F)(F)F)cn2)c2ccccc2)c1OC(C)=O. The molecule has 0 bridgehead atoms. The molecule has 0 spiro atoms. The molecule has 0 saturated heterocycles. The van der Waals surface area contributed by atoms with Gasteiger partial charge >= 0.3 is 18.1 Å². The van der Waals surface area contributed by atoms with Crippen molar-refractivity contribution in [3.8, 4) is 11.5 Å². The summed E-state index contributed by atoms with van der Waals surface area (Å²) in [4.78, 5) is 45.2. The van der Waals surface area contributed by atoms with Crippen LogP contribution in [-0.2, 0) is 20.5 Å². The quantitative estimate of drug-likeness (QED) is 0.262. The zero-order valence-electron chi connectivity index (χ0n) is 21.9. The number of thioether (sulfide) groups is 1. The first-order valence-electron chi connectivity index (χ1n) is 11.9. The Morgan fingerprint density at radius 1 is 1.00 bits per heavy atom. The zero-order valence-corrected chi connectivity index (χ0v) is 22.7. The number of methoxy groups -OCH3 is 1. The molecule has 0 radical (unpaired) electrons. The molecular weight excluding hydrogens is 551 g/mol. The number of hydrogen-bond acceptors (Lipinski definition) is 9. The fourth-order valence-electron chi connectivity index (χ4n) is 3.49. The van der Waals surface area contributed by atoms with Gasteiger partial charge in [-0.3, -0.25) is 9.59 Å². The van der Waals surface area contributed by atoms with E-state index in [1.807, 2.05) is 0 Å². The van der Waals surface area contributed by atoms with Crippen molar-refractivity contribution in [1.82, 2.24) is 15.3 Å². The van der Waals surface area contributed by atoms with Crippen molar-refractivity contribution in [1.29, 1.82) is 0 Å². The Kier molecular flexibility index (Phi) is 10.1. The molecule has 212 valence electrons. The summed E-state index contributed by atoms with van der Waals surface area (Å²) in [5.41, 5.74) is -0.398. The van der Waals surface area contributed by atoms with Crippen LogP contribution in [0.15, 0.2) is 66.0 Å². The van der Waals surface area contributed by atoms with Gasteiger partial charge in [-0.15, -0.1) is 0 Å². The smallest absolute Gasteiger partial charge is 0.417 e. The summed E-state index contributed by atoms with van der Waals surface area (Å²) in [7, 11) is 1.33. The Balaban J connectivity index is 1.75. The van der Waals surface area contributed by atoms with Crippen LogP contribution in [0.5, 0.6) is 11.5 Å². The van der Waals surface area contributed by atoms with Gasteiger partial charge in [0.25, 0.3) is 5.91 Å². The summed E-state index contributed by atoms with van der Waals surface area (Å²) in [5, 5.41) is 2.23. The largest absolute Gasteiger partial charge is 0.493 e. The van der Waals surface area contributed by atoms with Gasteiger partial charge in [0, 0.05) is 25.4 Å². The van der Waals surface area contributed by atoms with Crippen LogP contribution in [0.3, 0.4) is 0 Å². The molecule has 1 N–H and O–H groups in total. The van der Waals surface area contributed by atoms with Gasteiger partial charge in [0.1, 0.15) is 12.1 Å². The highest BCUT2D eigenvalue weighted by atomic mass is 32.2. The van der Waals surface area contributed by atoms with Gasteiger partial charge in [-0.1, -0.05) is 42.1 Å². The monoisotopic (exact) mass is 577 g/mol. The number of esters is 2. The van der Waals surface area contributed by atoms with E-state index < -0.39 is 47.0 Å². The molecule has 0 fully saturated rings. The lowest BCUT2D eigenvalue weighted by Gasteiger charge is -2.25. The molecule has 3 rings (SSSR count). The minimum atomic E-state index is -4.52. The normalized spacial score (nSPS) is 13.5. The van der Waals surface area contributed by atoms with Crippen molar-refractivity contribution in [2.75, 3.05) is 7.11 Å². The number of ether oxygens (including phenoxy) is 3. The van der Waals surface area contributed by atoms with E-state index in [4.69, 9.17) is 14.2 Å². The Hall–Kier alpha value is -4.13. The van der Waals surface area contributed by atoms with Gasteiger partial charge in [0.2, 0.25) is 5.75 Å². The number of amides is 1. The number of carbonyl (C=O) groups excluding carboxylic acids is 3. The van der Waals surface area contributed by atoms with E-state index in [0.29, 0.717) is 5.03 Å². The van der Waals surface area contributed by atoms with Gasteiger partial charge < -0.3 is 19.5 Å². The highest BCUT2D eigenvalue weighted by Crippen LogP contribution is 2.39. The molecule has 2 aromatic heterocycles. The summed E-state index contributed by atoms with van der Waals surface area (Å²) in [6.07, 6.45) is -3.27. The minimum absolute atomic E-state index is 0.0961. The molecule has 3 aromatic rings. The molecule has 1 amide bonds. The second-order valence-corrected chi connectivity index (χ2v) is 9.62. The average Bonchev–Trinajstić information content (AvgIpc) is 2.91. The highest BCUT2D eigenvalue weighted by molar-refractivity contribution is 7.99. The van der Waals surface area contributed by atoms with Crippen molar-refractivity contribution in [3.63, 3.8) is 0 Å². The molecule has 13 heteroatoms. The van der Waals surface area contributed by atoms with E-state index in [1.165, 1.54) is 32.4 Å². The van der Waals surface area contributed by atoms with Crippen molar-refractivity contribution in [3.05, 3.63) is 77.7 Å². The lowest BCUT2D eigenvalue weighted by atomic mass is 10.1. The van der Waals surface area contributed by atoms with Crippen LogP contribution in [-0.4, -0.2) is 47.1 Å². The molecule has 1 aromatic carbocycles. The Bertz CT molecular complexity index is 1340. The second kappa shape index (κ2) is 13.3. The minimum Gasteiger partial charge on any atom is -0.493 e. The number of carbonyl (C=O) groups is 3. The fraction of sp³-hybridized carbons (Fsp3) is 0.296. The highest BCUT2D eigenvalue weighted by Gasteiger charge is 2.32. The van der Waals surface area contributed by atoms with Crippen LogP contribution in [0.1, 0.15) is 47.6 Å². The third-order valence-corrected chi connectivity index (χ3v) is 6.81. The molecule has 0 aliphatic carbocycles. The van der Waals surface area contributed by atoms with Gasteiger partial charge in [-0.25, -0.2) is 14.8 Å². The average molecular weight is 578 g/mol. The third-order valence-electron chi connectivity index (χ3n) is 5.42. The van der Waals surface area contributed by atoms with Gasteiger partial charge in [-0.2, -0.15) is 13.2 Å². The van der Waals surface area contributed by atoms with E-state index in [-0.39, 0.29) is 17.2 Å². The number of benzene rings is 1. The van der Waals surface area contributed by atoms with Crippen LogP contribution in [0.2, 0.25) is 0 Å². The number of pyridine rings is 2. The lowest BCUT2D eigenvalue weighted by molar-refractivity contribution is -0.150. The number of halogens is 3. The van der Waals surface area contributed by atoms with Crippen LogP contribution in [0.25, 0.3) is 0 Å². The zero-order chi connectivity index (χ0) is 29.4. The molecule has 40 heavy (non-hydrogen) atoms. The first-order chi connectivity index (χ1) is 18.9. The predicted molar refractivity (Wildman–Crippen MR) is 139 cm³/mol. The van der Waals surface area contributed by atoms with E-state index in [0.717, 1.165) is 36.5 Å². The predicted octanol–water partition coefficient (Wildman–Crippen LogP) is 5.01. The topological polar surface area (TPSA) is 117 Å². The van der Waals surface area contributed by atoms with Gasteiger partial charge in [0.15, 0.2) is 11.4 Å². The molecule has 0 aliphatic heterocycles. The van der Waals surface area contributed by atoms with E-state index in [9.17, 15) is 27.6 Å². The van der Waals surface area contributed by atoms with Gasteiger partial charge in [-0.05, 0) is 31.5 Å². The molecule has 2 heterocycles. The number of hydrogen-bond donors (Lipinski definition) is 1. The van der Waals surface area contributed by atoms with E-state index in [1.54, 1.807) is 37.3 Å². The summed E-state index contributed by atoms with van der Waals surface area (Å²) >= 11 is 1.13. The second-order valence-electron chi connectivity index (χ2n) is 8.45. The number of aromatic nitrogens is 2. The summed E-state index contributed by atoms with van der Waals surface area (Å²) < 4.78 is 54.7. The number of nitrogens with one attached hydrogen (secondary N) is 1. The van der Waals surface area contributed by atoms with Gasteiger partial charge in [0.05, 0.1) is 22.9 Å². The molecule has 0 unspecified atom stereocenters. The van der Waals surface area contributed by atoms with Crippen molar-refractivity contribution in [2.24, 2.45) is 0 Å². The van der Waals surface area contributed by atoms with Crippen LogP contribution in [0, 0.1) is 0 Å². The van der Waals surface area contributed by atoms with Crippen molar-refractivity contribution in [2.45, 2.75) is 49.4 Å². The molecule has 3 atom stereocenters. The summed E-state index contributed by atoms with van der Waals surface area (Å²) in [6.45, 7) is 4.18. The van der Waals surface area contributed by atoms with Crippen LogP contribution in [0.4, 0.5) is 13.2 Å². The maximum absolute atomic E-state index is 12.9. The first-order valence-corrected chi connectivity index (χ1v) is 12.8. The Morgan fingerprint density at radius 3 is 2.27 bits per heavy atom. The van der Waals surface area contributed by atoms with Crippen molar-refractivity contribution >= 4 is 29.6 Å². The Labute approximate surface area is 232 Å². The summed E-state index contributed by atoms with van der Waals surface area (Å²) in [5.74, 6) is -2.39. The number of nitrogens with zero attached hydrogens (tertiary/aromatic N) is 2. The maximum Gasteiger partial charge on any atom is 0.417 e.